The molecule has 0 heterocycles. The van der Waals surface area contributed by atoms with Crippen LogP contribution in [0.15, 0.2) is 126 Å². The predicted octanol–water partition coefficient (Wildman–Crippen LogP) is 8.03. The maximum absolute atomic E-state index is 13.8. The van der Waals surface area contributed by atoms with E-state index in [0.717, 1.165) is 16.3 Å². The van der Waals surface area contributed by atoms with Crippen LogP contribution in [-0.4, -0.2) is 28.1 Å². The van der Waals surface area contributed by atoms with E-state index in [2.05, 4.69) is 5.32 Å². The summed E-state index contributed by atoms with van der Waals surface area (Å²) >= 11 is 1.48. The van der Waals surface area contributed by atoms with Gasteiger partial charge in [0.2, 0.25) is 5.91 Å². The van der Waals surface area contributed by atoms with Crippen molar-refractivity contribution in [3.8, 4) is 0 Å². The number of benzene rings is 5. The Hall–Kier alpha value is -4.88. The van der Waals surface area contributed by atoms with Crippen molar-refractivity contribution in [3.05, 3.63) is 132 Å². The van der Waals surface area contributed by atoms with Gasteiger partial charge >= 0.3 is 5.97 Å². The molecule has 0 aliphatic rings. The van der Waals surface area contributed by atoms with E-state index in [1.807, 2.05) is 79.7 Å². The molecule has 0 saturated heterocycles. The van der Waals surface area contributed by atoms with E-state index < -0.39 is 11.9 Å². The quantitative estimate of drug-likeness (QED) is 0.178. The molecule has 0 aliphatic carbocycles. The summed E-state index contributed by atoms with van der Waals surface area (Å²) in [6, 6.07) is 36.6. The van der Waals surface area contributed by atoms with Gasteiger partial charge in [0.1, 0.15) is 0 Å². The zero-order valence-electron chi connectivity index (χ0n) is 22.4. The number of carbonyl (C=O) groups is 3. The topological polar surface area (TPSA) is 86.7 Å². The Morgan fingerprint density at radius 1 is 0.732 bits per heavy atom. The van der Waals surface area contributed by atoms with E-state index in [9.17, 15) is 19.5 Å². The van der Waals surface area contributed by atoms with Crippen molar-refractivity contribution in [1.29, 1.82) is 0 Å². The van der Waals surface area contributed by atoms with Crippen LogP contribution in [0.3, 0.4) is 0 Å². The molecule has 0 radical (unpaired) electrons. The lowest BCUT2D eigenvalue weighted by Gasteiger charge is -2.27. The Morgan fingerprint density at radius 2 is 1.29 bits per heavy atom. The lowest BCUT2D eigenvalue weighted by atomic mass is 9.98. The number of carbonyl (C=O) groups excluding carboxylic acids is 2. The SMILES string of the molecule is CCC(Sc1ccc(NC(=O)c2cccc3cccc(C(=O)O)c23)cc1)C(=O)N(c1ccccc1)c1ccccc1. The summed E-state index contributed by atoms with van der Waals surface area (Å²) in [4.78, 5) is 41.5. The molecular formula is C34H28N2O4S. The van der Waals surface area contributed by atoms with Crippen molar-refractivity contribution < 1.29 is 19.5 Å². The molecule has 2 amide bonds. The summed E-state index contributed by atoms with van der Waals surface area (Å²) in [5.74, 6) is -1.50. The van der Waals surface area contributed by atoms with Gasteiger partial charge < -0.3 is 10.4 Å². The van der Waals surface area contributed by atoms with Gasteiger partial charge in [-0.1, -0.05) is 67.6 Å². The van der Waals surface area contributed by atoms with Gasteiger partial charge in [-0.25, -0.2) is 4.79 Å². The Kier molecular flexibility index (Phi) is 8.46. The summed E-state index contributed by atoms with van der Waals surface area (Å²) in [5.41, 5.74) is 2.55. The molecule has 5 rings (SSSR count). The van der Waals surface area contributed by atoms with E-state index in [0.29, 0.717) is 22.9 Å². The van der Waals surface area contributed by atoms with Gasteiger partial charge in [0.05, 0.1) is 10.8 Å². The summed E-state index contributed by atoms with van der Waals surface area (Å²) in [6.45, 7) is 1.99. The fourth-order valence-corrected chi connectivity index (χ4v) is 5.69. The fourth-order valence-electron chi connectivity index (χ4n) is 4.70. The molecule has 1 atom stereocenters. The van der Waals surface area contributed by atoms with Crippen molar-refractivity contribution >= 4 is 57.4 Å². The van der Waals surface area contributed by atoms with E-state index in [4.69, 9.17) is 0 Å². The molecule has 0 bridgehead atoms. The average molecular weight is 561 g/mol. The number of anilines is 3. The molecule has 5 aromatic carbocycles. The molecule has 5 aromatic rings. The second-order valence-corrected chi connectivity index (χ2v) is 10.6. The van der Waals surface area contributed by atoms with Crippen LogP contribution in [0, 0.1) is 0 Å². The molecule has 7 heteroatoms. The van der Waals surface area contributed by atoms with E-state index in [1.54, 1.807) is 47.4 Å². The van der Waals surface area contributed by atoms with Gasteiger partial charge in [0, 0.05) is 32.9 Å². The summed E-state index contributed by atoms with van der Waals surface area (Å²) in [5, 5.41) is 13.3. The summed E-state index contributed by atoms with van der Waals surface area (Å²) < 4.78 is 0. The number of thioether (sulfide) groups is 1. The third-order valence-electron chi connectivity index (χ3n) is 6.67. The molecule has 1 unspecified atom stereocenters. The molecule has 0 fully saturated rings. The van der Waals surface area contributed by atoms with Gasteiger partial charge in [0.15, 0.2) is 0 Å². The highest BCUT2D eigenvalue weighted by molar-refractivity contribution is 8.00. The minimum atomic E-state index is -1.09. The van der Waals surface area contributed by atoms with Gasteiger partial charge in [-0.3, -0.25) is 14.5 Å². The number of nitrogens with zero attached hydrogens (tertiary/aromatic N) is 1. The monoisotopic (exact) mass is 560 g/mol. The van der Waals surface area contributed by atoms with Crippen molar-refractivity contribution in [3.63, 3.8) is 0 Å². The minimum absolute atomic E-state index is 0.0162. The second-order valence-electron chi connectivity index (χ2n) is 9.35. The highest BCUT2D eigenvalue weighted by Gasteiger charge is 2.26. The Balaban J connectivity index is 1.34. The van der Waals surface area contributed by atoms with Gasteiger partial charge in [-0.15, -0.1) is 11.8 Å². The number of carboxylic acid groups (broad SMARTS) is 1. The molecule has 0 aliphatic heterocycles. The van der Waals surface area contributed by atoms with Crippen molar-refractivity contribution in [2.45, 2.75) is 23.5 Å². The zero-order chi connectivity index (χ0) is 28.8. The van der Waals surface area contributed by atoms with Crippen molar-refractivity contribution in [2.75, 3.05) is 10.2 Å². The van der Waals surface area contributed by atoms with Crippen LogP contribution in [0.5, 0.6) is 0 Å². The molecular weight excluding hydrogens is 532 g/mol. The highest BCUT2D eigenvalue weighted by Crippen LogP contribution is 2.33. The highest BCUT2D eigenvalue weighted by atomic mass is 32.2. The number of nitrogens with one attached hydrogen (secondary N) is 1. The smallest absolute Gasteiger partial charge is 0.336 e. The number of carboxylic acids is 1. The normalized spacial score (nSPS) is 11.5. The van der Waals surface area contributed by atoms with Crippen LogP contribution in [0.25, 0.3) is 10.8 Å². The van der Waals surface area contributed by atoms with Crippen LogP contribution in [0.1, 0.15) is 34.1 Å². The number of amides is 2. The Morgan fingerprint density at radius 3 is 1.83 bits per heavy atom. The van der Waals surface area contributed by atoms with Crippen LogP contribution in [0.2, 0.25) is 0 Å². The lowest BCUT2D eigenvalue weighted by Crippen LogP contribution is -2.34. The number of rotatable bonds is 9. The maximum atomic E-state index is 13.8. The molecule has 0 aromatic heterocycles. The van der Waals surface area contributed by atoms with Crippen LogP contribution < -0.4 is 10.2 Å². The standard InChI is InChI=1S/C34H28N2O4S/c1-2-30(33(38)36(25-13-5-3-6-14-25)26-15-7-4-8-16-26)41-27-21-19-24(20-22-27)35-32(37)28-17-9-11-23-12-10-18-29(31(23)28)34(39)40/h3-22,30H,2H2,1H3,(H,35,37)(H,39,40). The first-order valence-corrected chi connectivity index (χ1v) is 14.1. The summed E-state index contributed by atoms with van der Waals surface area (Å²) in [6.07, 6.45) is 0.630. The minimum Gasteiger partial charge on any atom is -0.478 e. The molecule has 6 nitrogen and oxygen atoms in total. The second kappa shape index (κ2) is 12.5. The molecule has 0 saturated carbocycles. The van der Waals surface area contributed by atoms with E-state index >= 15 is 0 Å². The van der Waals surface area contributed by atoms with Crippen LogP contribution in [-0.2, 0) is 4.79 Å². The zero-order valence-corrected chi connectivity index (χ0v) is 23.2. The summed E-state index contributed by atoms with van der Waals surface area (Å²) in [7, 11) is 0. The van der Waals surface area contributed by atoms with E-state index in [-0.39, 0.29) is 22.3 Å². The van der Waals surface area contributed by atoms with Gasteiger partial charge in [0.25, 0.3) is 5.91 Å². The fraction of sp³-hybridized carbons (Fsp3) is 0.0882. The predicted molar refractivity (Wildman–Crippen MR) is 165 cm³/mol. The first-order valence-electron chi connectivity index (χ1n) is 13.2. The van der Waals surface area contributed by atoms with Crippen LogP contribution >= 0.6 is 11.8 Å². The molecule has 41 heavy (non-hydrogen) atoms. The molecule has 2 N–H and O–H groups in total. The Labute approximate surface area is 242 Å². The average Bonchev–Trinajstić information content (AvgIpc) is 3.01. The largest absolute Gasteiger partial charge is 0.478 e. The third-order valence-corrected chi connectivity index (χ3v) is 8.03. The lowest BCUT2D eigenvalue weighted by molar-refractivity contribution is -0.117. The first kappa shape index (κ1) is 27.7. The van der Waals surface area contributed by atoms with Gasteiger partial charge in [-0.2, -0.15) is 0 Å². The number of hydrogen-bond donors (Lipinski definition) is 2. The van der Waals surface area contributed by atoms with Crippen molar-refractivity contribution in [1.82, 2.24) is 0 Å². The molecule has 0 spiro atoms. The third kappa shape index (κ3) is 6.15. The van der Waals surface area contributed by atoms with Crippen molar-refractivity contribution in [2.24, 2.45) is 0 Å². The van der Waals surface area contributed by atoms with E-state index in [1.165, 1.54) is 17.8 Å². The molecule has 204 valence electrons. The maximum Gasteiger partial charge on any atom is 0.336 e. The number of fused-ring (bicyclic) bond motifs is 1. The van der Waals surface area contributed by atoms with Gasteiger partial charge in [-0.05, 0) is 72.5 Å². The number of aromatic carboxylic acids is 1. The number of hydrogen-bond acceptors (Lipinski definition) is 4. The Bertz CT molecular complexity index is 1640. The number of para-hydroxylation sites is 2. The van der Waals surface area contributed by atoms with Crippen LogP contribution in [0.4, 0.5) is 17.1 Å². The first-order chi connectivity index (χ1) is 20.0.